The zero-order chi connectivity index (χ0) is 16.9. The third kappa shape index (κ3) is 3.71. The molecule has 1 heterocycles. The highest BCUT2D eigenvalue weighted by molar-refractivity contribution is 6.07. The van der Waals surface area contributed by atoms with E-state index in [1.165, 1.54) is 11.1 Å². The topological polar surface area (TPSA) is 47.9 Å². The van der Waals surface area contributed by atoms with Crippen LogP contribution in [0.15, 0.2) is 59.2 Å². The Morgan fingerprint density at radius 3 is 2.54 bits per heavy atom. The van der Waals surface area contributed by atoms with Crippen LogP contribution in [0.5, 0.6) is 5.75 Å². The number of rotatable bonds is 5. The molecule has 2 aromatic carbocycles. The Bertz CT molecular complexity index is 804. The van der Waals surface area contributed by atoms with Crippen molar-refractivity contribution in [2.24, 2.45) is 4.99 Å². The predicted octanol–water partition coefficient (Wildman–Crippen LogP) is 3.93. The van der Waals surface area contributed by atoms with Gasteiger partial charge in [-0.3, -0.25) is 0 Å². The van der Waals surface area contributed by atoms with Crippen LogP contribution in [0.4, 0.5) is 0 Å². The summed E-state index contributed by atoms with van der Waals surface area (Å²) in [6.07, 6.45) is 3.13. The predicted molar refractivity (Wildman–Crippen MR) is 94.0 cm³/mol. The molecule has 0 spiro atoms. The molecule has 0 amide bonds. The first-order chi connectivity index (χ1) is 11.7. The molecule has 1 aliphatic heterocycles. The first kappa shape index (κ1) is 16.0. The Labute approximate surface area is 141 Å². The van der Waals surface area contributed by atoms with E-state index in [1.54, 1.807) is 13.2 Å². The van der Waals surface area contributed by atoms with E-state index in [1.807, 2.05) is 36.4 Å². The third-order valence-electron chi connectivity index (χ3n) is 3.95. The Morgan fingerprint density at radius 1 is 1.08 bits per heavy atom. The fourth-order valence-electron chi connectivity index (χ4n) is 2.55. The molecule has 1 aliphatic rings. The molecule has 0 aliphatic carbocycles. The van der Waals surface area contributed by atoms with Crippen molar-refractivity contribution in [3.05, 3.63) is 70.9 Å². The van der Waals surface area contributed by atoms with Crippen LogP contribution in [0.3, 0.4) is 0 Å². The van der Waals surface area contributed by atoms with E-state index in [2.05, 4.69) is 24.0 Å². The molecule has 122 valence electrons. The second-order valence-corrected chi connectivity index (χ2v) is 5.62. The highest BCUT2D eigenvalue weighted by atomic mass is 16.6. The highest BCUT2D eigenvalue weighted by Gasteiger charge is 2.22. The second-order valence-electron chi connectivity index (χ2n) is 5.62. The Hall–Kier alpha value is -2.88. The molecule has 0 saturated carbocycles. The molecule has 0 atom stereocenters. The van der Waals surface area contributed by atoms with Crippen molar-refractivity contribution in [2.75, 3.05) is 7.11 Å². The molecule has 0 bridgehead atoms. The Kier molecular flexibility index (Phi) is 4.75. The molecular weight excluding hydrogens is 302 g/mol. The molecule has 2 aromatic rings. The van der Waals surface area contributed by atoms with E-state index in [4.69, 9.17) is 9.47 Å². The lowest BCUT2D eigenvalue weighted by atomic mass is 10.0. The van der Waals surface area contributed by atoms with Crippen molar-refractivity contribution in [1.82, 2.24) is 0 Å². The number of hydrogen-bond acceptors (Lipinski definition) is 4. The van der Waals surface area contributed by atoms with Crippen LogP contribution in [-0.2, 0) is 16.0 Å². The lowest BCUT2D eigenvalue weighted by Crippen LogP contribution is -2.05. The summed E-state index contributed by atoms with van der Waals surface area (Å²) in [5, 5.41) is 0. The highest BCUT2D eigenvalue weighted by Crippen LogP contribution is 2.20. The van der Waals surface area contributed by atoms with Gasteiger partial charge < -0.3 is 9.47 Å². The molecule has 0 saturated heterocycles. The first-order valence-electron chi connectivity index (χ1n) is 7.86. The number of cyclic esters (lactones) is 1. The van der Waals surface area contributed by atoms with Gasteiger partial charge in [-0.25, -0.2) is 9.79 Å². The molecule has 0 fully saturated rings. The molecule has 4 heteroatoms. The zero-order valence-electron chi connectivity index (χ0n) is 13.8. The molecule has 0 radical (unpaired) electrons. The molecule has 0 aromatic heterocycles. The Balaban J connectivity index is 1.70. The standard InChI is InChI=1S/C20H19NO3/c1-14-5-3-4-6-16(14)9-12-19-21-18(20(22)24-19)13-15-7-10-17(23-2)11-8-15/h3-8,10-11,13H,9,12H2,1-2H3/b18-13+. The average molecular weight is 321 g/mol. The van der Waals surface area contributed by atoms with Crippen LogP contribution in [0.25, 0.3) is 6.08 Å². The van der Waals surface area contributed by atoms with Crippen LogP contribution < -0.4 is 4.74 Å². The SMILES string of the molecule is COc1ccc(/C=C2/N=C(CCc3ccccc3C)OC2=O)cc1. The van der Waals surface area contributed by atoms with E-state index in [0.717, 1.165) is 17.7 Å². The van der Waals surface area contributed by atoms with Gasteiger partial charge in [0.1, 0.15) is 5.75 Å². The van der Waals surface area contributed by atoms with Crippen LogP contribution in [0, 0.1) is 6.92 Å². The number of esters is 1. The van der Waals surface area contributed by atoms with Crippen LogP contribution in [0.1, 0.15) is 23.1 Å². The molecular formula is C20H19NO3. The summed E-state index contributed by atoms with van der Waals surface area (Å²) in [6.45, 7) is 2.08. The number of benzene rings is 2. The van der Waals surface area contributed by atoms with Gasteiger partial charge >= 0.3 is 5.97 Å². The van der Waals surface area contributed by atoms with Gasteiger partial charge in [0.05, 0.1) is 7.11 Å². The van der Waals surface area contributed by atoms with Gasteiger partial charge in [-0.05, 0) is 48.2 Å². The largest absolute Gasteiger partial charge is 0.497 e. The van der Waals surface area contributed by atoms with Crippen molar-refractivity contribution in [3.8, 4) is 5.75 Å². The van der Waals surface area contributed by atoms with Crippen molar-refractivity contribution < 1.29 is 14.3 Å². The summed E-state index contributed by atoms with van der Waals surface area (Å²) in [5.74, 6) is 0.849. The zero-order valence-corrected chi connectivity index (χ0v) is 13.8. The fraction of sp³-hybridized carbons (Fsp3) is 0.200. The van der Waals surface area contributed by atoms with E-state index >= 15 is 0 Å². The van der Waals surface area contributed by atoms with Crippen molar-refractivity contribution in [1.29, 1.82) is 0 Å². The van der Waals surface area contributed by atoms with Crippen LogP contribution in [-0.4, -0.2) is 19.0 Å². The van der Waals surface area contributed by atoms with E-state index in [0.29, 0.717) is 18.0 Å². The number of carbonyl (C=O) groups is 1. The Morgan fingerprint density at radius 2 is 1.83 bits per heavy atom. The lowest BCUT2D eigenvalue weighted by molar-refractivity contribution is -0.130. The molecule has 3 rings (SSSR count). The van der Waals surface area contributed by atoms with Gasteiger partial charge in [0.2, 0.25) is 0 Å². The number of nitrogens with zero attached hydrogens (tertiary/aromatic N) is 1. The quantitative estimate of drug-likeness (QED) is 0.619. The maximum atomic E-state index is 12.0. The smallest absolute Gasteiger partial charge is 0.363 e. The number of hydrogen-bond donors (Lipinski definition) is 0. The van der Waals surface area contributed by atoms with Gasteiger partial charge in [0.15, 0.2) is 11.6 Å². The van der Waals surface area contributed by atoms with Crippen molar-refractivity contribution >= 4 is 17.9 Å². The molecule has 24 heavy (non-hydrogen) atoms. The molecule has 0 N–H and O–H groups in total. The minimum absolute atomic E-state index is 0.333. The minimum Gasteiger partial charge on any atom is -0.497 e. The van der Waals surface area contributed by atoms with Crippen molar-refractivity contribution in [3.63, 3.8) is 0 Å². The lowest BCUT2D eigenvalue weighted by Gasteiger charge is -2.04. The summed E-state index contributed by atoms with van der Waals surface area (Å²) in [7, 11) is 1.62. The number of aryl methyl sites for hydroxylation is 2. The maximum absolute atomic E-state index is 12.0. The summed E-state index contributed by atoms with van der Waals surface area (Å²) in [4.78, 5) is 16.3. The average Bonchev–Trinajstić information content (AvgIpc) is 2.94. The van der Waals surface area contributed by atoms with Gasteiger partial charge in [-0.1, -0.05) is 36.4 Å². The van der Waals surface area contributed by atoms with Gasteiger partial charge in [0.25, 0.3) is 0 Å². The molecule has 0 unspecified atom stereocenters. The number of ether oxygens (including phenoxy) is 2. The summed E-state index contributed by atoms with van der Waals surface area (Å²) in [5.41, 5.74) is 3.69. The summed E-state index contributed by atoms with van der Waals surface area (Å²) >= 11 is 0. The van der Waals surface area contributed by atoms with E-state index in [-0.39, 0.29) is 0 Å². The van der Waals surface area contributed by atoms with E-state index < -0.39 is 5.97 Å². The van der Waals surface area contributed by atoms with Gasteiger partial charge in [0, 0.05) is 6.42 Å². The number of aliphatic imine (C=N–C) groups is 1. The normalized spacial score (nSPS) is 15.3. The van der Waals surface area contributed by atoms with Crippen LogP contribution >= 0.6 is 0 Å². The van der Waals surface area contributed by atoms with E-state index in [9.17, 15) is 4.79 Å². The fourth-order valence-corrected chi connectivity index (χ4v) is 2.55. The van der Waals surface area contributed by atoms with Crippen LogP contribution in [0.2, 0.25) is 0 Å². The monoisotopic (exact) mass is 321 g/mol. The van der Waals surface area contributed by atoms with Crippen molar-refractivity contribution in [2.45, 2.75) is 19.8 Å². The third-order valence-corrected chi connectivity index (χ3v) is 3.95. The second kappa shape index (κ2) is 7.13. The maximum Gasteiger partial charge on any atom is 0.363 e. The summed E-state index contributed by atoms with van der Waals surface area (Å²) in [6, 6.07) is 15.6. The minimum atomic E-state index is -0.398. The summed E-state index contributed by atoms with van der Waals surface area (Å²) < 4.78 is 10.4. The van der Waals surface area contributed by atoms with Gasteiger partial charge in [-0.15, -0.1) is 0 Å². The number of methoxy groups -OCH3 is 1. The number of carbonyl (C=O) groups excluding carboxylic acids is 1. The first-order valence-corrected chi connectivity index (χ1v) is 7.86. The molecule has 4 nitrogen and oxygen atoms in total. The van der Waals surface area contributed by atoms with Gasteiger partial charge in [-0.2, -0.15) is 0 Å².